The van der Waals surface area contributed by atoms with E-state index in [9.17, 15) is 0 Å². The molecule has 0 saturated heterocycles. The van der Waals surface area contributed by atoms with E-state index in [0.717, 1.165) is 21.6 Å². The maximum atomic E-state index is 6.02. The molecule has 3 heterocycles. The maximum Gasteiger partial charge on any atom is 0.164 e. The van der Waals surface area contributed by atoms with E-state index < -0.39 is 0 Å². The number of fused-ring (bicyclic) bond motifs is 1. The molecule has 3 rings (SSSR count). The number of anilines is 1. The summed E-state index contributed by atoms with van der Waals surface area (Å²) in [4.78, 5) is 9.52. The predicted molar refractivity (Wildman–Crippen MR) is 78.0 cm³/mol. The van der Waals surface area contributed by atoms with Gasteiger partial charge in [-0.25, -0.2) is 14.6 Å². The van der Waals surface area contributed by atoms with Gasteiger partial charge < -0.3 is 5.73 Å². The molecule has 0 aliphatic rings. The van der Waals surface area contributed by atoms with Gasteiger partial charge in [0, 0.05) is 0 Å². The predicted octanol–water partition coefficient (Wildman–Crippen LogP) is 2.89. The number of nitrogen functional groups attached to an aromatic ring is 1. The molecule has 0 aliphatic heterocycles. The van der Waals surface area contributed by atoms with Crippen molar-refractivity contribution in [1.29, 1.82) is 0 Å². The van der Waals surface area contributed by atoms with Crippen LogP contribution in [-0.2, 0) is 5.54 Å². The summed E-state index contributed by atoms with van der Waals surface area (Å²) in [7, 11) is 0. The van der Waals surface area contributed by atoms with Gasteiger partial charge in [0.2, 0.25) is 0 Å². The van der Waals surface area contributed by atoms with Crippen LogP contribution in [0.15, 0.2) is 23.8 Å². The molecule has 0 unspecified atom stereocenters. The van der Waals surface area contributed by atoms with E-state index in [1.54, 1.807) is 11.3 Å². The van der Waals surface area contributed by atoms with Crippen molar-refractivity contribution < 1.29 is 0 Å². The molecule has 0 saturated carbocycles. The van der Waals surface area contributed by atoms with E-state index in [0.29, 0.717) is 5.82 Å². The highest BCUT2D eigenvalue weighted by Crippen LogP contribution is 2.34. The van der Waals surface area contributed by atoms with E-state index in [1.165, 1.54) is 6.33 Å². The maximum absolute atomic E-state index is 6.02. The quantitative estimate of drug-likeness (QED) is 0.740. The van der Waals surface area contributed by atoms with Crippen LogP contribution in [0.2, 0.25) is 0 Å². The lowest BCUT2D eigenvalue weighted by Gasteiger charge is -2.19. The summed E-state index contributed by atoms with van der Waals surface area (Å²) in [5.74, 6) is 0.476. The van der Waals surface area contributed by atoms with Crippen molar-refractivity contribution in [2.75, 3.05) is 5.73 Å². The van der Waals surface area contributed by atoms with E-state index >= 15 is 0 Å². The highest BCUT2D eigenvalue weighted by atomic mass is 32.1. The summed E-state index contributed by atoms with van der Waals surface area (Å²) in [5.41, 5.74) is 7.50. The van der Waals surface area contributed by atoms with Crippen LogP contribution in [0.5, 0.6) is 0 Å². The van der Waals surface area contributed by atoms with Crippen LogP contribution in [0.1, 0.15) is 20.8 Å². The van der Waals surface area contributed by atoms with Crippen LogP contribution in [0, 0.1) is 0 Å². The summed E-state index contributed by atoms with van der Waals surface area (Å²) in [6, 6.07) is 4.04. The second kappa shape index (κ2) is 4.03. The van der Waals surface area contributed by atoms with Crippen LogP contribution >= 0.6 is 11.3 Å². The van der Waals surface area contributed by atoms with Gasteiger partial charge in [0.25, 0.3) is 0 Å². The molecule has 19 heavy (non-hydrogen) atoms. The number of nitrogens with two attached hydrogens (primary N) is 1. The van der Waals surface area contributed by atoms with Gasteiger partial charge >= 0.3 is 0 Å². The van der Waals surface area contributed by atoms with Gasteiger partial charge in [-0.3, -0.25) is 0 Å². The fourth-order valence-corrected chi connectivity index (χ4v) is 2.74. The summed E-state index contributed by atoms with van der Waals surface area (Å²) in [6.07, 6.45) is 1.49. The second-order valence-corrected chi connectivity index (χ2v) is 6.31. The van der Waals surface area contributed by atoms with Crippen molar-refractivity contribution in [1.82, 2.24) is 19.7 Å². The minimum atomic E-state index is -0.158. The number of hydrogen-bond acceptors (Lipinski definition) is 5. The molecule has 0 radical (unpaired) electrons. The zero-order valence-electron chi connectivity index (χ0n) is 11.1. The first-order valence-corrected chi connectivity index (χ1v) is 6.90. The molecule has 0 aliphatic carbocycles. The van der Waals surface area contributed by atoms with Crippen LogP contribution in [0.25, 0.3) is 21.6 Å². The Labute approximate surface area is 115 Å². The molecule has 98 valence electrons. The Kier molecular flexibility index (Phi) is 2.56. The van der Waals surface area contributed by atoms with E-state index in [-0.39, 0.29) is 5.54 Å². The standard InChI is InChI=1S/C13H15N5S/c1-13(2,3)18-12-9(11(14)15-7-16-12)10(17-18)8-5-4-6-19-8/h4-7H,1-3H3,(H2,14,15,16). The van der Waals surface area contributed by atoms with Gasteiger partial charge in [0.15, 0.2) is 5.65 Å². The van der Waals surface area contributed by atoms with Crippen LogP contribution < -0.4 is 5.73 Å². The first-order chi connectivity index (χ1) is 8.98. The first-order valence-electron chi connectivity index (χ1n) is 6.02. The summed E-state index contributed by atoms with van der Waals surface area (Å²) in [6.45, 7) is 6.28. The zero-order valence-corrected chi connectivity index (χ0v) is 11.9. The minimum absolute atomic E-state index is 0.158. The number of hydrogen-bond donors (Lipinski definition) is 1. The largest absolute Gasteiger partial charge is 0.383 e. The molecular weight excluding hydrogens is 258 g/mol. The molecule has 6 heteroatoms. The Bertz CT molecular complexity index is 721. The monoisotopic (exact) mass is 273 g/mol. The summed E-state index contributed by atoms with van der Waals surface area (Å²) < 4.78 is 1.91. The SMILES string of the molecule is CC(C)(C)n1nc(-c2cccs2)c2c(N)ncnc21. The van der Waals surface area contributed by atoms with Crippen LogP contribution in [0.3, 0.4) is 0 Å². The average molecular weight is 273 g/mol. The third-order valence-electron chi connectivity index (χ3n) is 2.88. The van der Waals surface area contributed by atoms with Crippen molar-refractivity contribution in [2.45, 2.75) is 26.3 Å². The van der Waals surface area contributed by atoms with Gasteiger partial charge in [0.05, 0.1) is 15.8 Å². The van der Waals surface area contributed by atoms with Gasteiger partial charge in [-0.15, -0.1) is 11.3 Å². The molecule has 0 bridgehead atoms. The highest BCUT2D eigenvalue weighted by molar-refractivity contribution is 7.13. The van der Waals surface area contributed by atoms with Crippen molar-refractivity contribution >= 4 is 28.2 Å². The van der Waals surface area contributed by atoms with Gasteiger partial charge in [0.1, 0.15) is 17.8 Å². The van der Waals surface area contributed by atoms with Crippen molar-refractivity contribution in [2.24, 2.45) is 0 Å². The van der Waals surface area contributed by atoms with E-state index in [4.69, 9.17) is 10.8 Å². The molecule has 3 aromatic rings. The lowest BCUT2D eigenvalue weighted by Crippen LogP contribution is -2.23. The lowest BCUT2D eigenvalue weighted by atomic mass is 10.1. The topological polar surface area (TPSA) is 69.6 Å². The van der Waals surface area contributed by atoms with Crippen molar-refractivity contribution in [3.05, 3.63) is 23.8 Å². The Morgan fingerprint density at radius 1 is 1.26 bits per heavy atom. The normalized spacial score (nSPS) is 12.2. The Hall–Kier alpha value is -1.95. The number of thiophene rings is 1. The number of aromatic nitrogens is 4. The van der Waals surface area contributed by atoms with Crippen LogP contribution in [-0.4, -0.2) is 19.7 Å². The third kappa shape index (κ3) is 1.88. The average Bonchev–Trinajstić information content (AvgIpc) is 2.94. The minimum Gasteiger partial charge on any atom is -0.383 e. The van der Waals surface area contributed by atoms with Gasteiger partial charge in [-0.1, -0.05) is 6.07 Å². The lowest BCUT2D eigenvalue weighted by molar-refractivity contribution is 0.367. The fraction of sp³-hybridized carbons (Fsp3) is 0.308. The van der Waals surface area contributed by atoms with Gasteiger partial charge in [-0.2, -0.15) is 5.10 Å². The Morgan fingerprint density at radius 3 is 2.68 bits per heavy atom. The van der Waals surface area contributed by atoms with Crippen LogP contribution in [0.4, 0.5) is 5.82 Å². The fourth-order valence-electron chi connectivity index (χ4n) is 2.03. The first kappa shape index (κ1) is 12.1. The molecule has 0 spiro atoms. The summed E-state index contributed by atoms with van der Waals surface area (Å²) in [5, 5.41) is 7.57. The molecular formula is C13H15N5S. The Balaban J connectivity index is 2.41. The molecule has 2 N–H and O–H groups in total. The number of nitrogens with zero attached hydrogens (tertiary/aromatic N) is 4. The third-order valence-corrected chi connectivity index (χ3v) is 3.76. The molecule has 0 fully saturated rings. The second-order valence-electron chi connectivity index (χ2n) is 5.37. The molecule has 0 aromatic carbocycles. The zero-order chi connectivity index (χ0) is 13.6. The van der Waals surface area contributed by atoms with Crippen molar-refractivity contribution in [3.8, 4) is 10.6 Å². The Morgan fingerprint density at radius 2 is 2.05 bits per heavy atom. The number of rotatable bonds is 1. The van der Waals surface area contributed by atoms with Gasteiger partial charge in [-0.05, 0) is 32.2 Å². The smallest absolute Gasteiger partial charge is 0.164 e. The summed E-state index contributed by atoms with van der Waals surface area (Å²) >= 11 is 1.64. The van der Waals surface area contributed by atoms with E-state index in [1.807, 2.05) is 22.2 Å². The van der Waals surface area contributed by atoms with E-state index in [2.05, 4.69) is 30.7 Å². The highest BCUT2D eigenvalue weighted by Gasteiger charge is 2.23. The molecule has 0 atom stereocenters. The van der Waals surface area contributed by atoms with Crippen molar-refractivity contribution in [3.63, 3.8) is 0 Å². The molecule has 5 nitrogen and oxygen atoms in total. The molecule has 0 amide bonds. The molecule has 3 aromatic heterocycles.